The molecule has 0 bridgehead atoms. The zero-order chi connectivity index (χ0) is 8.32. The lowest BCUT2D eigenvalue weighted by Crippen LogP contribution is -2.40. The molecule has 0 saturated carbocycles. The summed E-state index contributed by atoms with van der Waals surface area (Å²) >= 11 is 0. The van der Waals surface area contributed by atoms with E-state index in [0.717, 1.165) is 5.92 Å². The summed E-state index contributed by atoms with van der Waals surface area (Å²) in [4.78, 5) is 0. The summed E-state index contributed by atoms with van der Waals surface area (Å²) in [6.07, 6.45) is 5.41. The first-order valence-electron chi connectivity index (χ1n) is 4.93. The van der Waals surface area contributed by atoms with Crippen molar-refractivity contribution in [1.29, 1.82) is 0 Å². The van der Waals surface area contributed by atoms with Gasteiger partial charge in [0.1, 0.15) is 0 Å². The first-order chi connectivity index (χ1) is 5.18. The Morgan fingerprint density at radius 2 is 2.18 bits per heavy atom. The average Bonchev–Trinajstić information content (AvgIpc) is 2.36. The number of hydrogen-bond acceptors (Lipinski definition) is 1. The van der Waals surface area contributed by atoms with Crippen molar-refractivity contribution in [2.24, 2.45) is 5.92 Å². The molecule has 0 unspecified atom stereocenters. The highest BCUT2D eigenvalue weighted by Crippen LogP contribution is 2.29. The third-order valence-electron chi connectivity index (χ3n) is 2.81. The highest BCUT2D eigenvalue weighted by molar-refractivity contribution is 4.92. The molecule has 1 rings (SSSR count). The Hall–Kier alpha value is -0.0400. The predicted molar refractivity (Wildman–Crippen MR) is 49.7 cm³/mol. The molecule has 1 fully saturated rings. The van der Waals surface area contributed by atoms with E-state index in [9.17, 15) is 0 Å². The molecule has 1 nitrogen and oxygen atoms in total. The van der Waals surface area contributed by atoms with Crippen molar-refractivity contribution < 1.29 is 0 Å². The van der Waals surface area contributed by atoms with Gasteiger partial charge in [-0.15, -0.1) is 0 Å². The van der Waals surface area contributed by atoms with Crippen LogP contribution in [0.3, 0.4) is 0 Å². The molecule has 11 heavy (non-hydrogen) atoms. The molecule has 0 amide bonds. The van der Waals surface area contributed by atoms with Gasteiger partial charge in [0, 0.05) is 5.54 Å². The Morgan fingerprint density at radius 1 is 1.45 bits per heavy atom. The number of hydrogen-bond donors (Lipinski definition) is 1. The van der Waals surface area contributed by atoms with Gasteiger partial charge in [0.25, 0.3) is 0 Å². The molecular formula is C10H21N. The van der Waals surface area contributed by atoms with Crippen LogP contribution in [0.25, 0.3) is 0 Å². The fraction of sp³-hybridized carbons (Fsp3) is 1.00. The molecule has 0 aromatic rings. The van der Waals surface area contributed by atoms with E-state index in [2.05, 4.69) is 26.1 Å². The minimum absolute atomic E-state index is 0.508. The quantitative estimate of drug-likeness (QED) is 0.660. The molecule has 0 aromatic heterocycles. The van der Waals surface area contributed by atoms with Crippen molar-refractivity contribution in [2.75, 3.05) is 6.54 Å². The maximum absolute atomic E-state index is 3.65. The lowest BCUT2D eigenvalue weighted by atomic mass is 9.85. The van der Waals surface area contributed by atoms with Crippen LogP contribution >= 0.6 is 0 Å². The summed E-state index contributed by atoms with van der Waals surface area (Å²) in [6.45, 7) is 8.18. The van der Waals surface area contributed by atoms with Gasteiger partial charge < -0.3 is 5.32 Å². The fourth-order valence-electron chi connectivity index (χ4n) is 2.27. The molecule has 1 atom stereocenters. The highest BCUT2D eigenvalue weighted by atomic mass is 15.0. The largest absolute Gasteiger partial charge is 0.311 e. The monoisotopic (exact) mass is 155 g/mol. The van der Waals surface area contributed by atoms with Gasteiger partial charge >= 0.3 is 0 Å². The van der Waals surface area contributed by atoms with Crippen molar-refractivity contribution in [2.45, 2.75) is 52.0 Å². The third-order valence-corrected chi connectivity index (χ3v) is 2.81. The van der Waals surface area contributed by atoms with Gasteiger partial charge in [-0.1, -0.05) is 20.8 Å². The van der Waals surface area contributed by atoms with Crippen LogP contribution in [0.15, 0.2) is 0 Å². The van der Waals surface area contributed by atoms with Gasteiger partial charge in [-0.2, -0.15) is 0 Å². The van der Waals surface area contributed by atoms with Gasteiger partial charge in [-0.05, 0) is 38.1 Å². The first-order valence-corrected chi connectivity index (χ1v) is 4.93. The minimum atomic E-state index is 0.508. The van der Waals surface area contributed by atoms with E-state index in [-0.39, 0.29) is 0 Å². The summed E-state index contributed by atoms with van der Waals surface area (Å²) in [7, 11) is 0. The lowest BCUT2D eigenvalue weighted by molar-refractivity contribution is 0.294. The highest BCUT2D eigenvalue weighted by Gasteiger charge is 2.31. The van der Waals surface area contributed by atoms with Gasteiger partial charge in [0.15, 0.2) is 0 Å². The topological polar surface area (TPSA) is 12.0 Å². The second kappa shape index (κ2) is 3.57. The molecule has 1 heteroatoms. The molecule has 0 aromatic carbocycles. The summed E-state index contributed by atoms with van der Waals surface area (Å²) < 4.78 is 0. The van der Waals surface area contributed by atoms with E-state index in [1.807, 2.05) is 0 Å². The van der Waals surface area contributed by atoms with Crippen LogP contribution in [0, 0.1) is 5.92 Å². The van der Waals surface area contributed by atoms with Crippen LogP contribution in [0.1, 0.15) is 46.5 Å². The zero-order valence-corrected chi connectivity index (χ0v) is 8.11. The van der Waals surface area contributed by atoms with Crippen molar-refractivity contribution in [3.8, 4) is 0 Å². The van der Waals surface area contributed by atoms with Crippen molar-refractivity contribution in [3.05, 3.63) is 0 Å². The van der Waals surface area contributed by atoms with Crippen LogP contribution in [0.2, 0.25) is 0 Å². The fourth-order valence-corrected chi connectivity index (χ4v) is 2.27. The molecule has 0 aliphatic carbocycles. The van der Waals surface area contributed by atoms with E-state index in [1.54, 1.807) is 0 Å². The molecule has 1 heterocycles. The van der Waals surface area contributed by atoms with Crippen LogP contribution in [-0.2, 0) is 0 Å². The summed E-state index contributed by atoms with van der Waals surface area (Å²) in [5.74, 6) is 0.834. The maximum atomic E-state index is 3.65. The zero-order valence-electron chi connectivity index (χ0n) is 8.11. The molecule has 0 spiro atoms. The molecule has 1 N–H and O–H groups in total. The molecular weight excluding hydrogens is 134 g/mol. The van der Waals surface area contributed by atoms with E-state index >= 15 is 0 Å². The predicted octanol–water partition coefficient (Wildman–Crippen LogP) is 2.56. The lowest BCUT2D eigenvalue weighted by Gasteiger charge is -2.30. The molecule has 1 aliphatic rings. The third kappa shape index (κ3) is 2.19. The average molecular weight is 155 g/mol. The Bertz CT molecular complexity index is 112. The molecule has 1 aliphatic heterocycles. The first kappa shape index (κ1) is 9.05. The van der Waals surface area contributed by atoms with Crippen LogP contribution in [0.5, 0.6) is 0 Å². The Balaban J connectivity index is 2.45. The van der Waals surface area contributed by atoms with Crippen LogP contribution in [0.4, 0.5) is 0 Å². The SMILES string of the molecule is CC[C@@]1(CC(C)C)CCCN1. The van der Waals surface area contributed by atoms with Crippen molar-refractivity contribution >= 4 is 0 Å². The Kier molecular flexibility index (Phi) is 2.94. The number of rotatable bonds is 3. The second-order valence-corrected chi connectivity index (χ2v) is 4.26. The van der Waals surface area contributed by atoms with Crippen molar-refractivity contribution in [3.63, 3.8) is 0 Å². The van der Waals surface area contributed by atoms with Gasteiger partial charge in [-0.25, -0.2) is 0 Å². The van der Waals surface area contributed by atoms with E-state index < -0.39 is 0 Å². The van der Waals surface area contributed by atoms with Gasteiger partial charge in [-0.3, -0.25) is 0 Å². The van der Waals surface area contributed by atoms with E-state index in [4.69, 9.17) is 0 Å². The van der Waals surface area contributed by atoms with Crippen LogP contribution < -0.4 is 5.32 Å². The maximum Gasteiger partial charge on any atom is 0.0181 e. The van der Waals surface area contributed by atoms with Crippen molar-refractivity contribution in [1.82, 2.24) is 5.32 Å². The molecule has 1 saturated heterocycles. The van der Waals surface area contributed by atoms with Gasteiger partial charge in [0.05, 0.1) is 0 Å². The van der Waals surface area contributed by atoms with Crippen LogP contribution in [-0.4, -0.2) is 12.1 Å². The molecule has 0 radical (unpaired) electrons. The summed E-state index contributed by atoms with van der Waals surface area (Å²) in [6, 6.07) is 0. The normalized spacial score (nSPS) is 31.6. The summed E-state index contributed by atoms with van der Waals surface area (Å²) in [5.41, 5.74) is 0.508. The minimum Gasteiger partial charge on any atom is -0.311 e. The summed E-state index contributed by atoms with van der Waals surface area (Å²) in [5, 5.41) is 3.65. The second-order valence-electron chi connectivity index (χ2n) is 4.26. The molecule has 66 valence electrons. The smallest absolute Gasteiger partial charge is 0.0181 e. The number of nitrogens with one attached hydrogen (secondary N) is 1. The standard InChI is InChI=1S/C10H21N/c1-4-10(8-9(2)3)6-5-7-11-10/h9,11H,4-8H2,1-3H3/t10-/m0/s1. The van der Waals surface area contributed by atoms with E-state index in [1.165, 1.54) is 32.2 Å². The van der Waals surface area contributed by atoms with Gasteiger partial charge in [0.2, 0.25) is 0 Å². The Morgan fingerprint density at radius 3 is 2.55 bits per heavy atom. The Labute approximate surface area is 70.6 Å². The van der Waals surface area contributed by atoms with E-state index in [0.29, 0.717) is 5.54 Å².